The van der Waals surface area contributed by atoms with Gasteiger partial charge in [0.2, 0.25) is 0 Å². The number of nitrogens with zero attached hydrogens (tertiary/aromatic N) is 4. The molecule has 3 aromatic heterocycles. The summed E-state index contributed by atoms with van der Waals surface area (Å²) >= 11 is 5.93. The van der Waals surface area contributed by atoms with Gasteiger partial charge in [-0.3, -0.25) is 0 Å². The largest absolute Gasteiger partial charge is 0.697 e. The number of aromatic hydroxyl groups is 2. The Hall–Kier alpha value is -6.85. The standard InChI is InChI=1S/C18H15N3O4.C10H9ClN2O2.C8H9NO2.2C2H6.C2H.CH4/c1-23-15-7-11-13(8-16(15)24-2)19-9-20-18(11)21-12-3-4-14(22)10-5-6-25-17(10)12;1-14-8-3-6-7(4-9(8)15-2)12-5-13-10(6)11;9-6-1-2-7(10)5-3-4-11-8(5)6;3*1-2;/h3-9,22H,1-2H3,(H,19,20,21);3-5H,1-2H3;1-2,10H,3-4,9H2;2*1-2H3;1H;1H4/q;;;;;-1;. The van der Waals surface area contributed by atoms with Crippen LogP contribution in [0.3, 0.4) is 0 Å². The van der Waals surface area contributed by atoms with E-state index in [0.29, 0.717) is 74.2 Å². The number of phenolic OH excluding ortho intramolecular Hbond substituents is 2. The monoisotopic (exact) mass is 813 g/mol. The van der Waals surface area contributed by atoms with Gasteiger partial charge >= 0.3 is 0 Å². The van der Waals surface area contributed by atoms with Crippen LogP contribution in [0.1, 0.15) is 40.7 Å². The third kappa shape index (κ3) is 10.7. The molecule has 0 saturated heterocycles. The van der Waals surface area contributed by atoms with E-state index >= 15 is 0 Å². The van der Waals surface area contributed by atoms with Gasteiger partial charge in [0.05, 0.1) is 69.1 Å². The van der Waals surface area contributed by atoms with Crippen LogP contribution in [0.2, 0.25) is 5.15 Å². The highest BCUT2D eigenvalue weighted by molar-refractivity contribution is 6.34. The zero-order valence-corrected chi connectivity index (χ0v) is 33.8. The van der Waals surface area contributed by atoms with Crippen molar-refractivity contribution in [1.82, 2.24) is 19.9 Å². The predicted octanol–water partition coefficient (Wildman–Crippen LogP) is 9.95. The van der Waals surface area contributed by atoms with E-state index in [4.69, 9.17) is 51.9 Å². The van der Waals surface area contributed by atoms with Gasteiger partial charge in [-0.1, -0.05) is 46.7 Å². The molecule has 1 aliphatic rings. The number of methoxy groups -OCH3 is 4. The molecule has 4 heterocycles. The molecule has 0 unspecified atom stereocenters. The highest BCUT2D eigenvalue weighted by Crippen LogP contribution is 2.39. The zero-order chi connectivity index (χ0) is 42.1. The molecule has 0 radical (unpaired) electrons. The summed E-state index contributed by atoms with van der Waals surface area (Å²) in [7, 11) is 6.30. The first-order valence-corrected chi connectivity index (χ1v) is 18.0. The van der Waals surface area contributed by atoms with E-state index in [9.17, 15) is 10.2 Å². The summed E-state index contributed by atoms with van der Waals surface area (Å²) in [6, 6.07) is 15.4. The van der Waals surface area contributed by atoms with Gasteiger partial charge in [-0.05, 0) is 42.5 Å². The molecule has 308 valence electrons. The number of phenols is 2. The molecule has 0 saturated carbocycles. The zero-order valence-electron chi connectivity index (χ0n) is 33.0. The molecule has 7 aromatic rings. The van der Waals surface area contributed by atoms with Gasteiger partial charge in [-0.15, -0.1) is 0 Å². The molecule has 14 nitrogen and oxygen atoms in total. The summed E-state index contributed by atoms with van der Waals surface area (Å²) in [5.41, 5.74) is 9.73. The van der Waals surface area contributed by atoms with Gasteiger partial charge in [-0.25, -0.2) is 19.9 Å². The Morgan fingerprint density at radius 3 is 1.84 bits per heavy atom. The summed E-state index contributed by atoms with van der Waals surface area (Å²) in [6.45, 7) is 8.62. The topological polar surface area (TPSA) is 189 Å². The number of furan rings is 1. The van der Waals surface area contributed by atoms with Gasteiger partial charge in [0.15, 0.2) is 28.6 Å². The average molecular weight is 814 g/mol. The number of benzene rings is 4. The summed E-state index contributed by atoms with van der Waals surface area (Å²) in [4.78, 5) is 16.6. The molecule has 0 atom stereocenters. The normalized spacial score (nSPS) is 10.3. The van der Waals surface area contributed by atoms with Crippen LogP contribution in [-0.4, -0.2) is 65.2 Å². The summed E-state index contributed by atoms with van der Waals surface area (Å²) < 4.78 is 31.7. The maximum atomic E-state index is 9.90. The van der Waals surface area contributed by atoms with E-state index in [1.807, 2.05) is 33.8 Å². The number of aromatic nitrogens is 4. The van der Waals surface area contributed by atoms with Crippen molar-refractivity contribution in [2.45, 2.75) is 41.5 Å². The smallest absolute Gasteiger partial charge is 0.162 e. The number of nitrogens with one attached hydrogen (secondary N) is 1. The van der Waals surface area contributed by atoms with Crippen molar-refractivity contribution in [2.24, 2.45) is 0 Å². The van der Waals surface area contributed by atoms with Crippen LogP contribution < -0.4 is 34.7 Å². The molecule has 8 rings (SSSR count). The van der Waals surface area contributed by atoms with Gasteiger partial charge < -0.3 is 62.2 Å². The van der Waals surface area contributed by atoms with E-state index in [1.54, 1.807) is 77.0 Å². The summed E-state index contributed by atoms with van der Waals surface area (Å²) in [5, 5.41) is 25.0. The van der Waals surface area contributed by atoms with Crippen molar-refractivity contribution >= 4 is 61.6 Å². The summed E-state index contributed by atoms with van der Waals surface area (Å²) in [6.07, 6.45) is 14.2. The third-order valence-corrected chi connectivity index (χ3v) is 8.25. The molecule has 0 fully saturated rings. The second-order valence-electron chi connectivity index (χ2n) is 10.8. The molecule has 5 N–H and O–H groups in total. The van der Waals surface area contributed by atoms with Crippen LogP contribution in [-0.2, 0) is 6.42 Å². The fraction of sp³-hybridized carbons (Fsp3) is 0.256. The van der Waals surface area contributed by atoms with Crippen molar-refractivity contribution in [3.8, 4) is 46.7 Å². The van der Waals surface area contributed by atoms with E-state index in [-0.39, 0.29) is 18.9 Å². The number of fused-ring (bicyclic) bond motifs is 4. The second kappa shape index (κ2) is 23.3. The second-order valence-corrected chi connectivity index (χ2v) is 11.2. The lowest BCUT2D eigenvalue weighted by Gasteiger charge is -2.12. The Bertz CT molecular complexity index is 2370. The molecule has 58 heavy (non-hydrogen) atoms. The van der Waals surface area contributed by atoms with Crippen LogP contribution in [0.4, 0.5) is 17.2 Å². The van der Waals surface area contributed by atoms with Crippen LogP contribution in [0.5, 0.6) is 40.2 Å². The fourth-order valence-corrected chi connectivity index (χ4v) is 5.61. The minimum atomic E-state index is 0. The van der Waals surface area contributed by atoms with Gasteiger partial charge in [0.1, 0.15) is 40.9 Å². The maximum absolute atomic E-state index is 9.90. The van der Waals surface area contributed by atoms with E-state index in [2.05, 4.69) is 31.7 Å². The Kier molecular flexibility index (Phi) is 19.0. The quantitative estimate of drug-likeness (QED) is 0.0408. The minimum absolute atomic E-state index is 0. The molecule has 0 spiro atoms. The number of ether oxygens (including phenoxy) is 5. The molecule has 15 heteroatoms. The van der Waals surface area contributed by atoms with Crippen LogP contribution >= 0.6 is 11.6 Å². The molecule has 0 amide bonds. The summed E-state index contributed by atoms with van der Waals surface area (Å²) in [5.74, 6) is 4.11. The highest BCUT2D eigenvalue weighted by atomic mass is 35.5. The lowest BCUT2D eigenvalue weighted by molar-refractivity contribution is 0.356. The van der Waals surface area contributed by atoms with Gasteiger partial charge in [-0.2, -0.15) is 0 Å². The number of halogens is 1. The van der Waals surface area contributed by atoms with Crippen molar-refractivity contribution in [1.29, 1.82) is 0 Å². The third-order valence-electron chi connectivity index (χ3n) is 7.94. The molecule has 0 aliphatic carbocycles. The van der Waals surface area contributed by atoms with Crippen LogP contribution in [0, 0.1) is 12.8 Å². The number of hydrogen-bond acceptors (Lipinski definition) is 14. The molecular formula is C43H50ClN6O8-. The average Bonchev–Trinajstić information content (AvgIpc) is 3.98. The van der Waals surface area contributed by atoms with Crippen molar-refractivity contribution in [3.63, 3.8) is 0 Å². The first-order valence-electron chi connectivity index (χ1n) is 17.6. The fourth-order valence-electron chi connectivity index (χ4n) is 5.41. The Morgan fingerprint density at radius 2 is 1.26 bits per heavy atom. The van der Waals surface area contributed by atoms with E-state index < -0.39 is 0 Å². The van der Waals surface area contributed by atoms with Crippen molar-refractivity contribution < 1.29 is 38.3 Å². The Balaban J connectivity index is 0.000000301. The number of nitrogen functional groups attached to an aromatic ring is 1. The molecule has 1 aliphatic heterocycles. The SMILES string of the molecule is C.CC.CC.COc1cc2ncnc(Cl)c2cc1OC.COc1cc2ncnc(Nc3ccc(O)c4ccoc34)c2cc1OC.Nc1ccc(O)c2c1OCC2.[C-]#C. The van der Waals surface area contributed by atoms with Crippen molar-refractivity contribution in [2.75, 3.05) is 46.1 Å². The lowest BCUT2D eigenvalue weighted by atomic mass is 10.1. The number of terminal acetylenes is 1. The molecule has 4 aromatic carbocycles. The van der Waals surface area contributed by atoms with E-state index in [0.717, 1.165) is 28.3 Å². The van der Waals surface area contributed by atoms with Gasteiger partial charge in [0, 0.05) is 34.9 Å². The van der Waals surface area contributed by atoms with Crippen LogP contribution in [0.15, 0.2) is 77.9 Å². The van der Waals surface area contributed by atoms with Crippen LogP contribution in [0.25, 0.3) is 32.8 Å². The number of anilines is 3. The lowest BCUT2D eigenvalue weighted by Crippen LogP contribution is -1.98. The highest BCUT2D eigenvalue weighted by Gasteiger charge is 2.18. The molecular weight excluding hydrogens is 764 g/mol. The number of hydrogen-bond donors (Lipinski definition) is 4. The first-order chi connectivity index (χ1) is 27.8. The van der Waals surface area contributed by atoms with E-state index in [1.165, 1.54) is 18.9 Å². The molecule has 0 bridgehead atoms. The Morgan fingerprint density at radius 1 is 0.724 bits per heavy atom. The minimum Gasteiger partial charge on any atom is -0.697 e. The Labute approximate surface area is 343 Å². The first kappa shape index (κ1) is 47.3. The number of rotatable bonds is 6. The van der Waals surface area contributed by atoms with Crippen molar-refractivity contribution in [3.05, 3.63) is 90.7 Å². The predicted molar refractivity (Wildman–Crippen MR) is 231 cm³/mol. The van der Waals surface area contributed by atoms with Gasteiger partial charge in [0.25, 0.3) is 0 Å². The maximum Gasteiger partial charge on any atom is 0.162 e. The number of nitrogens with two attached hydrogens (primary N) is 1.